The second kappa shape index (κ2) is 12.3. The molecule has 0 saturated carbocycles. The van der Waals surface area contributed by atoms with E-state index in [9.17, 15) is 19.5 Å². The molecule has 170 valence electrons. The molecule has 1 aromatic rings. The van der Waals surface area contributed by atoms with Crippen LogP contribution in [0.25, 0.3) is 0 Å². The Balaban J connectivity index is 1.99. The summed E-state index contributed by atoms with van der Waals surface area (Å²) in [5, 5.41) is 17.8. The fourth-order valence-corrected chi connectivity index (χ4v) is 4.78. The number of amides is 3. The molecule has 0 saturated heterocycles. The van der Waals surface area contributed by atoms with Crippen molar-refractivity contribution in [2.24, 2.45) is 0 Å². The summed E-state index contributed by atoms with van der Waals surface area (Å²) in [6.45, 7) is 4.51. The highest BCUT2D eigenvalue weighted by atomic mass is 32.2. The molecule has 0 spiro atoms. The first-order valence-corrected chi connectivity index (χ1v) is 11.7. The minimum atomic E-state index is -1.45. The first-order chi connectivity index (χ1) is 14.9. The number of urea groups is 1. The molecule has 4 N–H and O–H groups in total. The van der Waals surface area contributed by atoms with Gasteiger partial charge in [0.2, 0.25) is 0 Å². The van der Waals surface area contributed by atoms with Crippen LogP contribution in [0.3, 0.4) is 0 Å². The summed E-state index contributed by atoms with van der Waals surface area (Å²) >= 11 is 1.11. The van der Waals surface area contributed by atoms with Gasteiger partial charge in [-0.1, -0.05) is 39.0 Å². The maximum absolute atomic E-state index is 13.1. The normalized spacial score (nSPS) is 18.0. The van der Waals surface area contributed by atoms with Gasteiger partial charge in [-0.05, 0) is 36.6 Å². The molecule has 2 rings (SSSR count). The molecule has 3 amide bonds. The van der Waals surface area contributed by atoms with Crippen molar-refractivity contribution in [2.45, 2.75) is 63.8 Å². The van der Waals surface area contributed by atoms with Gasteiger partial charge in [-0.2, -0.15) is 0 Å². The number of nitrogens with zero attached hydrogens (tertiary/aromatic N) is 1. The molecule has 1 unspecified atom stereocenters. The van der Waals surface area contributed by atoms with Gasteiger partial charge in [-0.25, -0.2) is 9.59 Å². The first kappa shape index (κ1) is 24.7. The second-order valence-corrected chi connectivity index (χ2v) is 8.76. The van der Waals surface area contributed by atoms with E-state index in [4.69, 9.17) is 0 Å². The zero-order valence-corrected chi connectivity index (χ0v) is 19.0. The lowest BCUT2D eigenvalue weighted by Crippen LogP contribution is -2.58. The van der Waals surface area contributed by atoms with Gasteiger partial charge in [-0.3, -0.25) is 9.78 Å². The molecule has 1 aliphatic heterocycles. The minimum Gasteiger partial charge on any atom is -0.478 e. The van der Waals surface area contributed by atoms with Gasteiger partial charge in [0, 0.05) is 36.8 Å². The number of thioether (sulfide) groups is 1. The fraction of sp³-hybridized carbons (Fsp3) is 0.545. The van der Waals surface area contributed by atoms with E-state index in [0.717, 1.165) is 36.6 Å². The Morgan fingerprint density at radius 1 is 1.10 bits per heavy atom. The maximum Gasteiger partial charge on any atom is 0.332 e. The van der Waals surface area contributed by atoms with Crippen molar-refractivity contribution in [3.63, 3.8) is 0 Å². The lowest BCUT2D eigenvalue weighted by Gasteiger charge is -2.30. The van der Waals surface area contributed by atoms with Gasteiger partial charge < -0.3 is 21.1 Å². The summed E-state index contributed by atoms with van der Waals surface area (Å²) < 4.78 is 0. The number of carboxylic acids is 1. The molecule has 2 heterocycles. The Bertz CT molecular complexity index is 800. The second-order valence-electron chi connectivity index (χ2n) is 7.57. The zero-order valence-electron chi connectivity index (χ0n) is 18.2. The molecular weight excluding hydrogens is 416 g/mol. The van der Waals surface area contributed by atoms with E-state index in [1.807, 2.05) is 0 Å². The number of hydrogen-bond acceptors (Lipinski definition) is 5. The third kappa shape index (κ3) is 6.99. The number of aliphatic carboxylic acids is 1. The number of aromatic nitrogens is 1. The van der Waals surface area contributed by atoms with Gasteiger partial charge in [0.25, 0.3) is 5.91 Å². The summed E-state index contributed by atoms with van der Waals surface area (Å²) in [4.78, 5) is 39.7. The summed E-state index contributed by atoms with van der Waals surface area (Å²) in [5.41, 5.74) is 1.33. The predicted octanol–water partition coefficient (Wildman–Crippen LogP) is 3.20. The predicted molar refractivity (Wildman–Crippen MR) is 122 cm³/mol. The molecule has 0 aromatic carbocycles. The van der Waals surface area contributed by atoms with Crippen molar-refractivity contribution >= 4 is 29.7 Å². The van der Waals surface area contributed by atoms with Crippen LogP contribution in [0.15, 0.2) is 35.7 Å². The number of carbonyl (C=O) groups is 3. The van der Waals surface area contributed by atoms with Crippen molar-refractivity contribution < 1.29 is 19.5 Å². The quantitative estimate of drug-likeness (QED) is 0.365. The van der Waals surface area contributed by atoms with E-state index < -0.39 is 22.8 Å². The lowest BCUT2D eigenvalue weighted by molar-refractivity contribution is -0.132. The van der Waals surface area contributed by atoms with Crippen LogP contribution in [0, 0.1) is 0 Å². The lowest BCUT2D eigenvalue weighted by atomic mass is 10.0. The van der Waals surface area contributed by atoms with Crippen molar-refractivity contribution in [3.8, 4) is 0 Å². The van der Waals surface area contributed by atoms with Crippen molar-refractivity contribution in [1.29, 1.82) is 0 Å². The molecule has 0 radical (unpaired) electrons. The molecule has 9 heteroatoms. The van der Waals surface area contributed by atoms with E-state index in [0.29, 0.717) is 12.1 Å². The summed E-state index contributed by atoms with van der Waals surface area (Å²) in [7, 11) is 0. The van der Waals surface area contributed by atoms with Gasteiger partial charge >= 0.3 is 12.0 Å². The Hall–Kier alpha value is -2.55. The molecule has 31 heavy (non-hydrogen) atoms. The van der Waals surface area contributed by atoms with E-state index in [1.165, 1.54) is 19.3 Å². The van der Waals surface area contributed by atoms with Gasteiger partial charge in [-0.15, -0.1) is 11.8 Å². The third-order valence-electron chi connectivity index (χ3n) is 5.30. The number of carbonyl (C=O) groups excluding carboxylic acids is 2. The Morgan fingerprint density at radius 2 is 1.77 bits per heavy atom. The summed E-state index contributed by atoms with van der Waals surface area (Å²) in [6, 6.07) is 3.08. The molecule has 8 nitrogen and oxygen atoms in total. The van der Waals surface area contributed by atoms with Crippen LogP contribution in [-0.4, -0.2) is 45.2 Å². The van der Waals surface area contributed by atoms with Crippen LogP contribution in [0.1, 0.15) is 57.9 Å². The van der Waals surface area contributed by atoms with E-state index in [2.05, 4.69) is 27.9 Å². The SMILES string of the molecule is CCCCCCCCNC(=O)NC1(C(=O)NCc2ccncc2)SCC(C(=O)O)=C1C. The van der Waals surface area contributed by atoms with E-state index in [1.54, 1.807) is 31.5 Å². The molecule has 1 aromatic heterocycles. The summed E-state index contributed by atoms with van der Waals surface area (Å²) in [6.07, 6.45) is 9.90. The maximum atomic E-state index is 13.1. The van der Waals surface area contributed by atoms with Crippen LogP contribution < -0.4 is 16.0 Å². The average molecular weight is 449 g/mol. The minimum absolute atomic E-state index is 0.139. The highest BCUT2D eigenvalue weighted by Crippen LogP contribution is 2.41. The van der Waals surface area contributed by atoms with E-state index >= 15 is 0 Å². The highest BCUT2D eigenvalue weighted by Gasteiger charge is 2.48. The zero-order chi connectivity index (χ0) is 22.7. The average Bonchev–Trinajstić information content (AvgIpc) is 3.09. The number of unbranched alkanes of at least 4 members (excludes halogenated alkanes) is 5. The largest absolute Gasteiger partial charge is 0.478 e. The van der Waals surface area contributed by atoms with Crippen LogP contribution in [0.5, 0.6) is 0 Å². The Kier molecular flexibility index (Phi) is 9.84. The van der Waals surface area contributed by atoms with Crippen LogP contribution >= 0.6 is 11.8 Å². The topological polar surface area (TPSA) is 120 Å². The van der Waals surface area contributed by atoms with Crippen LogP contribution in [0.2, 0.25) is 0 Å². The van der Waals surface area contributed by atoms with Crippen LogP contribution in [0.4, 0.5) is 4.79 Å². The standard InChI is InChI=1S/C22H32N4O4S/c1-3-4-5-6-7-8-11-24-21(30)26-22(16(2)18(15-31-22)19(27)28)20(29)25-14-17-9-12-23-13-10-17/h9-10,12-13H,3-8,11,14-15H2,1-2H3,(H,25,29)(H,27,28)(H2,24,26,30). The smallest absolute Gasteiger partial charge is 0.332 e. The van der Waals surface area contributed by atoms with Gasteiger partial charge in [0.1, 0.15) is 0 Å². The first-order valence-electron chi connectivity index (χ1n) is 10.7. The van der Waals surface area contributed by atoms with E-state index in [-0.39, 0.29) is 17.9 Å². The third-order valence-corrected chi connectivity index (χ3v) is 6.76. The van der Waals surface area contributed by atoms with Crippen molar-refractivity contribution in [2.75, 3.05) is 12.3 Å². The Morgan fingerprint density at radius 3 is 2.42 bits per heavy atom. The van der Waals surface area contributed by atoms with Crippen LogP contribution in [-0.2, 0) is 16.1 Å². The monoisotopic (exact) mass is 448 g/mol. The molecule has 0 aliphatic carbocycles. The number of carboxylic acid groups (broad SMARTS) is 1. The van der Waals surface area contributed by atoms with Gasteiger partial charge in [0.15, 0.2) is 4.87 Å². The number of hydrogen-bond donors (Lipinski definition) is 4. The Labute approximate surface area is 187 Å². The van der Waals surface area contributed by atoms with Gasteiger partial charge in [0.05, 0.1) is 0 Å². The molecular formula is C22H32N4O4S. The summed E-state index contributed by atoms with van der Waals surface area (Å²) in [5.74, 6) is -1.39. The molecule has 0 bridgehead atoms. The molecule has 0 fully saturated rings. The molecule has 1 aliphatic rings. The molecule has 1 atom stereocenters. The highest BCUT2D eigenvalue weighted by molar-refractivity contribution is 8.02. The number of pyridine rings is 1. The number of rotatable bonds is 12. The number of nitrogens with one attached hydrogen (secondary N) is 3. The fourth-order valence-electron chi connectivity index (χ4n) is 3.37. The van der Waals surface area contributed by atoms with Crippen molar-refractivity contribution in [1.82, 2.24) is 20.9 Å². The van der Waals surface area contributed by atoms with Crippen molar-refractivity contribution in [3.05, 3.63) is 41.2 Å².